The number of unbranched alkanes of at least 4 members (excludes halogenated alkanes) is 3. The van der Waals surface area contributed by atoms with E-state index in [0.717, 1.165) is 12.0 Å². The summed E-state index contributed by atoms with van der Waals surface area (Å²) in [7, 11) is 0. The van der Waals surface area contributed by atoms with E-state index in [1.807, 2.05) is 0 Å². The summed E-state index contributed by atoms with van der Waals surface area (Å²) in [6.07, 6.45) is 12.1. The van der Waals surface area contributed by atoms with Crippen molar-refractivity contribution in [3.05, 3.63) is 34.9 Å². The Morgan fingerprint density at radius 1 is 1.21 bits per heavy atom. The molecular weight excluding hydrogens is 292 g/mol. The molecule has 132 valence electrons. The second-order valence-electron chi connectivity index (χ2n) is 8.30. The lowest BCUT2D eigenvalue weighted by Gasteiger charge is -2.49. The van der Waals surface area contributed by atoms with Crippen molar-refractivity contribution in [2.75, 3.05) is 19.6 Å². The molecule has 2 heteroatoms. The minimum Gasteiger partial charge on any atom is -0.314 e. The van der Waals surface area contributed by atoms with Crippen molar-refractivity contribution in [1.29, 1.82) is 0 Å². The number of piperidine rings is 2. The van der Waals surface area contributed by atoms with Crippen LogP contribution in [0.25, 0.3) is 0 Å². The fraction of sp³-hybridized carbons (Fsp3) is 0.727. The highest BCUT2D eigenvalue weighted by Crippen LogP contribution is 2.40. The Bertz CT molecular complexity index is 553. The Hall–Kier alpha value is -0.860. The van der Waals surface area contributed by atoms with Gasteiger partial charge in [0.25, 0.3) is 0 Å². The zero-order chi connectivity index (χ0) is 16.4. The lowest BCUT2D eigenvalue weighted by molar-refractivity contribution is 0.0552. The van der Waals surface area contributed by atoms with Crippen LogP contribution in [0.15, 0.2) is 18.2 Å². The molecule has 1 aromatic rings. The van der Waals surface area contributed by atoms with E-state index in [2.05, 4.69) is 35.3 Å². The van der Waals surface area contributed by atoms with E-state index in [0.29, 0.717) is 6.04 Å². The maximum absolute atomic E-state index is 3.81. The molecule has 3 unspecified atom stereocenters. The average Bonchev–Trinajstić information content (AvgIpc) is 2.63. The lowest BCUT2D eigenvalue weighted by atomic mass is 9.77. The van der Waals surface area contributed by atoms with Crippen molar-refractivity contribution in [2.24, 2.45) is 5.92 Å². The first kappa shape index (κ1) is 16.6. The molecule has 4 rings (SSSR count). The predicted molar refractivity (Wildman–Crippen MR) is 101 cm³/mol. The molecule has 1 aromatic carbocycles. The predicted octanol–water partition coefficient (Wildman–Crippen LogP) is 4.48. The van der Waals surface area contributed by atoms with Crippen LogP contribution in [0.4, 0.5) is 0 Å². The number of hydrogen-bond acceptors (Lipinski definition) is 2. The molecule has 2 nitrogen and oxygen atoms in total. The van der Waals surface area contributed by atoms with Gasteiger partial charge in [-0.15, -0.1) is 0 Å². The Morgan fingerprint density at radius 2 is 2.17 bits per heavy atom. The third-order valence-electron chi connectivity index (χ3n) is 6.67. The molecule has 0 aliphatic carbocycles. The van der Waals surface area contributed by atoms with Crippen LogP contribution >= 0.6 is 0 Å². The third-order valence-corrected chi connectivity index (χ3v) is 6.67. The zero-order valence-electron chi connectivity index (χ0n) is 15.4. The Balaban J connectivity index is 1.45. The van der Waals surface area contributed by atoms with E-state index in [9.17, 15) is 0 Å². The van der Waals surface area contributed by atoms with Crippen molar-refractivity contribution < 1.29 is 0 Å². The quantitative estimate of drug-likeness (QED) is 0.803. The average molecular weight is 327 g/mol. The highest BCUT2D eigenvalue weighted by Gasteiger charge is 2.39. The molecule has 3 aliphatic heterocycles. The van der Waals surface area contributed by atoms with Crippen LogP contribution in [0.3, 0.4) is 0 Å². The first-order chi connectivity index (χ1) is 11.8. The van der Waals surface area contributed by atoms with E-state index < -0.39 is 0 Å². The van der Waals surface area contributed by atoms with Crippen molar-refractivity contribution >= 4 is 0 Å². The normalized spacial score (nSPS) is 29.6. The standard InChI is InChI=1S/C22H34N2/c1-2-3-4-5-7-17-9-10-20-18(14-17)11-13-24-16-19-8-6-12-23-21(19)15-22(20)24/h9-10,14,19,21-23H,2-8,11-13,15-16H2,1H3. The van der Waals surface area contributed by atoms with Gasteiger partial charge in [0.1, 0.15) is 0 Å². The van der Waals surface area contributed by atoms with Crippen LogP contribution in [0, 0.1) is 5.92 Å². The highest BCUT2D eigenvalue weighted by molar-refractivity contribution is 5.37. The van der Waals surface area contributed by atoms with Crippen molar-refractivity contribution in [2.45, 2.75) is 76.8 Å². The van der Waals surface area contributed by atoms with E-state index in [1.165, 1.54) is 77.4 Å². The minimum absolute atomic E-state index is 0.676. The van der Waals surface area contributed by atoms with Gasteiger partial charge in [0.15, 0.2) is 0 Å². The summed E-state index contributed by atoms with van der Waals surface area (Å²) >= 11 is 0. The third kappa shape index (κ3) is 3.41. The van der Waals surface area contributed by atoms with Gasteiger partial charge >= 0.3 is 0 Å². The Morgan fingerprint density at radius 3 is 3.08 bits per heavy atom. The molecule has 0 radical (unpaired) electrons. The fourth-order valence-electron chi connectivity index (χ4n) is 5.28. The second kappa shape index (κ2) is 7.58. The molecule has 3 heterocycles. The smallest absolute Gasteiger partial charge is 0.0366 e. The number of hydrogen-bond donors (Lipinski definition) is 1. The molecule has 3 atom stereocenters. The van der Waals surface area contributed by atoms with Crippen molar-refractivity contribution in [3.63, 3.8) is 0 Å². The highest BCUT2D eigenvalue weighted by atomic mass is 15.2. The van der Waals surface area contributed by atoms with E-state index in [-0.39, 0.29) is 0 Å². The first-order valence-electron chi connectivity index (χ1n) is 10.4. The summed E-state index contributed by atoms with van der Waals surface area (Å²) in [5, 5.41) is 3.81. The summed E-state index contributed by atoms with van der Waals surface area (Å²) < 4.78 is 0. The van der Waals surface area contributed by atoms with Crippen LogP contribution in [-0.2, 0) is 12.8 Å². The largest absolute Gasteiger partial charge is 0.314 e. The number of nitrogens with zero attached hydrogens (tertiary/aromatic N) is 1. The molecule has 0 spiro atoms. The minimum atomic E-state index is 0.676. The van der Waals surface area contributed by atoms with E-state index in [1.54, 1.807) is 16.7 Å². The van der Waals surface area contributed by atoms with Crippen molar-refractivity contribution in [3.8, 4) is 0 Å². The van der Waals surface area contributed by atoms with Crippen LogP contribution in [0.2, 0.25) is 0 Å². The van der Waals surface area contributed by atoms with Crippen LogP contribution < -0.4 is 5.32 Å². The molecule has 0 aromatic heterocycles. The number of nitrogens with one attached hydrogen (secondary N) is 1. The topological polar surface area (TPSA) is 15.3 Å². The summed E-state index contributed by atoms with van der Waals surface area (Å²) in [6.45, 7) is 6.12. The Labute approximate surface area is 148 Å². The maximum atomic E-state index is 3.81. The summed E-state index contributed by atoms with van der Waals surface area (Å²) in [6, 6.07) is 8.88. The molecule has 1 N–H and O–H groups in total. The molecule has 0 amide bonds. The van der Waals surface area contributed by atoms with Crippen LogP contribution in [0.5, 0.6) is 0 Å². The SMILES string of the molecule is CCCCCCc1ccc2c(c1)CCN1CC3CCCNC3CC21. The maximum Gasteiger partial charge on any atom is 0.0366 e. The van der Waals surface area contributed by atoms with Gasteiger partial charge in [-0.2, -0.15) is 0 Å². The van der Waals surface area contributed by atoms with Gasteiger partial charge in [-0.25, -0.2) is 0 Å². The molecule has 2 fully saturated rings. The molecular formula is C22H34N2. The summed E-state index contributed by atoms with van der Waals surface area (Å²) in [5.74, 6) is 0.898. The van der Waals surface area contributed by atoms with Gasteiger partial charge in [0.2, 0.25) is 0 Å². The number of aryl methyl sites for hydroxylation is 1. The van der Waals surface area contributed by atoms with Gasteiger partial charge in [-0.05, 0) is 67.7 Å². The molecule has 0 saturated carbocycles. The molecule has 3 aliphatic rings. The fourth-order valence-corrected chi connectivity index (χ4v) is 5.28. The van der Waals surface area contributed by atoms with Gasteiger partial charge in [0.05, 0.1) is 0 Å². The summed E-state index contributed by atoms with van der Waals surface area (Å²) in [4.78, 5) is 2.79. The van der Waals surface area contributed by atoms with Gasteiger partial charge < -0.3 is 5.32 Å². The molecule has 24 heavy (non-hydrogen) atoms. The van der Waals surface area contributed by atoms with E-state index in [4.69, 9.17) is 0 Å². The van der Waals surface area contributed by atoms with Crippen LogP contribution in [0.1, 0.15) is 74.6 Å². The van der Waals surface area contributed by atoms with Gasteiger partial charge in [-0.3, -0.25) is 4.90 Å². The van der Waals surface area contributed by atoms with Gasteiger partial charge in [-0.1, -0.05) is 44.4 Å². The number of rotatable bonds is 5. The zero-order valence-corrected chi connectivity index (χ0v) is 15.4. The van der Waals surface area contributed by atoms with Crippen LogP contribution in [-0.4, -0.2) is 30.6 Å². The monoisotopic (exact) mass is 326 g/mol. The van der Waals surface area contributed by atoms with Crippen molar-refractivity contribution in [1.82, 2.24) is 10.2 Å². The molecule has 0 bridgehead atoms. The van der Waals surface area contributed by atoms with Gasteiger partial charge in [0, 0.05) is 25.2 Å². The lowest BCUT2D eigenvalue weighted by Crippen LogP contribution is -2.54. The Kier molecular flexibility index (Phi) is 5.24. The van der Waals surface area contributed by atoms with E-state index >= 15 is 0 Å². The molecule has 2 saturated heterocycles. The second-order valence-corrected chi connectivity index (χ2v) is 8.30. The number of benzene rings is 1. The number of fused-ring (bicyclic) bond motifs is 4. The first-order valence-corrected chi connectivity index (χ1v) is 10.4. The summed E-state index contributed by atoms with van der Waals surface area (Å²) in [5.41, 5.74) is 4.87.